The molecule has 20 heavy (non-hydrogen) atoms. The van der Waals surface area contributed by atoms with Crippen molar-refractivity contribution >= 4 is 11.6 Å². The second-order valence-electron chi connectivity index (χ2n) is 5.55. The Hall–Kier alpha value is -1.32. The van der Waals surface area contributed by atoms with Gasteiger partial charge in [-0.25, -0.2) is 0 Å². The molecule has 0 amide bonds. The molecule has 3 rings (SSSR count). The molecule has 1 unspecified atom stereocenters. The van der Waals surface area contributed by atoms with Crippen molar-refractivity contribution in [2.75, 3.05) is 0 Å². The first-order valence-electron chi connectivity index (χ1n) is 7.17. The molecule has 0 saturated carbocycles. The van der Waals surface area contributed by atoms with Gasteiger partial charge >= 0.3 is 0 Å². The highest BCUT2D eigenvalue weighted by molar-refractivity contribution is 6.30. The third-order valence-electron chi connectivity index (χ3n) is 4.20. The number of fused-ring (bicyclic) bond motifs is 1. The number of halogens is 1. The summed E-state index contributed by atoms with van der Waals surface area (Å²) in [6.45, 7) is 2.20. The van der Waals surface area contributed by atoms with Gasteiger partial charge in [-0.1, -0.05) is 23.7 Å². The molecule has 0 fully saturated rings. The molecule has 3 nitrogen and oxygen atoms in total. The number of aromatic nitrogens is 2. The summed E-state index contributed by atoms with van der Waals surface area (Å²) in [7, 11) is 2.03. The van der Waals surface area contributed by atoms with Crippen molar-refractivity contribution in [2.45, 2.75) is 38.3 Å². The lowest BCUT2D eigenvalue weighted by Gasteiger charge is -2.27. The van der Waals surface area contributed by atoms with Gasteiger partial charge in [-0.05, 0) is 43.9 Å². The van der Waals surface area contributed by atoms with Crippen molar-refractivity contribution in [1.29, 1.82) is 0 Å². The van der Waals surface area contributed by atoms with E-state index in [1.54, 1.807) is 0 Å². The second-order valence-corrected chi connectivity index (χ2v) is 5.99. The van der Waals surface area contributed by atoms with E-state index in [2.05, 4.69) is 29.5 Å². The van der Waals surface area contributed by atoms with Crippen molar-refractivity contribution in [1.82, 2.24) is 15.1 Å². The van der Waals surface area contributed by atoms with Gasteiger partial charge < -0.3 is 5.32 Å². The zero-order valence-corrected chi connectivity index (χ0v) is 12.7. The first-order valence-corrected chi connectivity index (χ1v) is 7.55. The molecule has 0 aliphatic heterocycles. The van der Waals surface area contributed by atoms with Crippen LogP contribution in [0.2, 0.25) is 5.02 Å². The van der Waals surface area contributed by atoms with Crippen LogP contribution < -0.4 is 5.32 Å². The van der Waals surface area contributed by atoms with Gasteiger partial charge in [0.25, 0.3) is 0 Å². The fourth-order valence-corrected chi connectivity index (χ4v) is 3.15. The average Bonchev–Trinajstić information content (AvgIpc) is 2.82. The van der Waals surface area contributed by atoms with Crippen LogP contribution in [0.15, 0.2) is 30.5 Å². The lowest BCUT2D eigenvalue weighted by atomic mass is 9.92. The maximum absolute atomic E-state index is 5.95. The molecule has 2 aromatic rings. The standard InChI is InChI=1S/C16H20ClN3/c1-11(12-6-8-13(17)9-7-12)19-15-4-3-5-16-14(15)10-18-20(16)2/h6-11,15,19H,3-5H2,1-2H3/t11-,15?/m1/s1. The Bertz CT molecular complexity index is 588. The van der Waals surface area contributed by atoms with Gasteiger partial charge in [0.15, 0.2) is 0 Å². The van der Waals surface area contributed by atoms with Gasteiger partial charge in [-0.2, -0.15) is 5.10 Å². The van der Waals surface area contributed by atoms with E-state index in [9.17, 15) is 0 Å². The monoisotopic (exact) mass is 289 g/mol. The maximum Gasteiger partial charge on any atom is 0.0540 e. The van der Waals surface area contributed by atoms with Gasteiger partial charge in [0.2, 0.25) is 0 Å². The topological polar surface area (TPSA) is 29.9 Å². The molecular formula is C16H20ClN3. The maximum atomic E-state index is 5.95. The van der Waals surface area contributed by atoms with Gasteiger partial charge in [-0.15, -0.1) is 0 Å². The van der Waals surface area contributed by atoms with Crippen LogP contribution >= 0.6 is 11.6 Å². The summed E-state index contributed by atoms with van der Waals surface area (Å²) in [6, 6.07) is 8.79. The minimum atomic E-state index is 0.309. The zero-order chi connectivity index (χ0) is 14.1. The number of nitrogens with one attached hydrogen (secondary N) is 1. The number of hydrogen-bond acceptors (Lipinski definition) is 2. The molecule has 1 heterocycles. The summed E-state index contributed by atoms with van der Waals surface area (Å²) in [5.41, 5.74) is 4.00. The fraction of sp³-hybridized carbons (Fsp3) is 0.438. The Labute approximate surface area is 124 Å². The summed E-state index contributed by atoms with van der Waals surface area (Å²) in [6.07, 6.45) is 5.55. The molecule has 0 saturated heterocycles. The first kappa shape index (κ1) is 13.7. The summed E-state index contributed by atoms with van der Waals surface area (Å²) >= 11 is 5.95. The van der Waals surface area contributed by atoms with Crippen LogP contribution in [0.25, 0.3) is 0 Å². The minimum Gasteiger partial charge on any atom is -0.303 e. The summed E-state index contributed by atoms with van der Waals surface area (Å²) in [5.74, 6) is 0. The molecule has 1 aliphatic carbocycles. The number of aryl methyl sites for hydroxylation is 1. The Kier molecular flexibility index (Phi) is 3.81. The normalized spacial score (nSPS) is 19.6. The molecular weight excluding hydrogens is 270 g/mol. The van der Waals surface area contributed by atoms with Crippen LogP contribution in [0, 0.1) is 0 Å². The van der Waals surface area contributed by atoms with Crippen LogP contribution in [0.5, 0.6) is 0 Å². The van der Waals surface area contributed by atoms with E-state index >= 15 is 0 Å². The van der Waals surface area contributed by atoms with Crippen LogP contribution in [-0.2, 0) is 13.5 Å². The predicted molar refractivity (Wildman–Crippen MR) is 81.9 cm³/mol. The van der Waals surface area contributed by atoms with E-state index in [0.29, 0.717) is 12.1 Å². The fourth-order valence-electron chi connectivity index (χ4n) is 3.03. The van der Waals surface area contributed by atoms with Crippen molar-refractivity contribution in [3.63, 3.8) is 0 Å². The van der Waals surface area contributed by atoms with Crippen LogP contribution in [-0.4, -0.2) is 9.78 Å². The summed E-state index contributed by atoms with van der Waals surface area (Å²) in [4.78, 5) is 0. The summed E-state index contributed by atoms with van der Waals surface area (Å²) < 4.78 is 2.01. The van der Waals surface area contributed by atoms with Crippen LogP contribution in [0.4, 0.5) is 0 Å². The van der Waals surface area contributed by atoms with E-state index in [-0.39, 0.29) is 0 Å². The highest BCUT2D eigenvalue weighted by atomic mass is 35.5. The SMILES string of the molecule is C[C@@H](NC1CCCc2c1cnn2C)c1ccc(Cl)cc1. The van der Waals surface area contributed by atoms with Crippen LogP contribution in [0.1, 0.15) is 48.7 Å². The predicted octanol–water partition coefficient (Wildman–Crippen LogP) is 3.80. The lowest BCUT2D eigenvalue weighted by molar-refractivity contribution is 0.411. The molecule has 106 valence electrons. The lowest BCUT2D eigenvalue weighted by Crippen LogP contribution is -2.27. The zero-order valence-electron chi connectivity index (χ0n) is 11.9. The molecule has 1 aromatic heterocycles. The van der Waals surface area contributed by atoms with Gasteiger partial charge in [0, 0.05) is 35.4 Å². The third kappa shape index (κ3) is 2.60. The number of nitrogens with zero attached hydrogens (tertiary/aromatic N) is 2. The van der Waals surface area contributed by atoms with Crippen LogP contribution in [0.3, 0.4) is 0 Å². The molecule has 4 heteroatoms. The molecule has 1 aliphatic rings. The Morgan fingerprint density at radius 1 is 1.35 bits per heavy atom. The second kappa shape index (κ2) is 5.58. The highest BCUT2D eigenvalue weighted by Crippen LogP contribution is 2.31. The largest absolute Gasteiger partial charge is 0.303 e. The van der Waals surface area contributed by atoms with Crippen molar-refractivity contribution in [3.05, 3.63) is 52.3 Å². The van der Waals surface area contributed by atoms with E-state index in [1.807, 2.05) is 30.1 Å². The molecule has 0 bridgehead atoms. The molecule has 0 spiro atoms. The summed E-state index contributed by atoms with van der Waals surface area (Å²) in [5, 5.41) is 8.91. The Morgan fingerprint density at radius 2 is 2.10 bits per heavy atom. The third-order valence-corrected chi connectivity index (χ3v) is 4.45. The van der Waals surface area contributed by atoms with Crippen molar-refractivity contribution < 1.29 is 0 Å². The van der Waals surface area contributed by atoms with E-state index in [4.69, 9.17) is 11.6 Å². The molecule has 1 N–H and O–H groups in total. The quantitative estimate of drug-likeness (QED) is 0.931. The Morgan fingerprint density at radius 3 is 2.85 bits per heavy atom. The van der Waals surface area contributed by atoms with Gasteiger partial charge in [0.05, 0.1) is 6.20 Å². The highest BCUT2D eigenvalue weighted by Gasteiger charge is 2.24. The van der Waals surface area contributed by atoms with E-state index in [0.717, 1.165) is 11.4 Å². The van der Waals surface area contributed by atoms with Crippen molar-refractivity contribution in [2.24, 2.45) is 7.05 Å². The molecule has 2 atom stereocenters. The smallest absolute Gasteiger partial charge is 0.0540 e. The number of rotatable bonds is 3. The van der Waals surface area contributed by atoms with Gasteiger partial charge in [-0.3, -0.25) is 4.68 Å². The minimum absolute atomic E-state index is 0.309. The Balaban J connectivity index is 1.77. The number of benzene rings is 1. The van der Waals surface area contributed by atoms with Gasteiger partial charge in [0.1, 0.15) is 0 Å². The van der Waals surface area contributed by atoms with E-state index in [1.165, 1.54) is 29.7 Å². The number of hydrogen-bond donors (Lipinski definition) is 1. The average molecular weight is 290 g/mol. The first-order chi connectivity index (χ1) is 9.65. The molecule has 1 aromatic carbocycles. The molecule has 0 radical (unpaired) electrons. The van der Waals surface area contributed by atoms with E-state index < -0.39 is 0 Å². The van der Waals surface area contributed by atoms with Crippen molar-refractivity contribution in [3.8, 4) is 0 Å².